The molecule has 92 valence electrons. The standard InChI is InChI=1S/C15H14BrNO/c16-13-6-8-14(9-7-13)17-11-10-15(18)12-4-2-1-3-5-12/h1-9,17H,10-11H2. The Bertz CT molecular complexity index is 508. The summed E-state index contributed by atoms with van der Waals surface area (Å²) in [6.45, 7) is 0.648. The first-order chi connectivity index (χ1) is 8.75. The van der Waals surface area contributed by atoms with Crippen LogP contribution in [0.5, 0.6) is 0 Å². The van der Waals surface area contributed by atoms with E-state index in [-0.39, 0.29) is 5.78 Å². The van der Waals surface area contributed by atoms with Crippen LogP contribution >= 0.6 is 15.9 Å². The molecule has 2 aromatic carbocycles. The zero-order valence-corrected chi connectivity index (χ0v) is 11.5. The summed E-state index contributed by atoms with van der Waals surface area (Å²) >= 11 is 3.39. The first-order valence-corrected chi connectivity index (χ1v) is 6.63. The maximum Gasteiger partial charge on any atom is 0.164 e. The molecule has 0 fully saturated rings. The highest BCUT2D eigenvalue weighted by molar-refractivity contribution is 9.10. The van der Waals surface area contributed by atoms with Crippen molar-refractivity contribution in [3.8, 4) is 0 Å². The van der Waals surface area contributed by atoms with Crippen molar-refractivity contribution in [1.82, 2.24) is 0 Å². The number of benzene rings is 2. The molecule has 0 aromatic heterocycles. The van der Waals surface area contributed by atoms with Crippen molar-refractivity contribution in [3.63, 3.8) is 0 Å². The molecule has 0 heterocycles. The highest BCUT2D eigenvalue weighted by Crippen LogP contribution is 2.14. The van der Waals surface area contributed by atoms with Gasteiger partial charge in [0.05, 0.1) is 0 Å². The molecule has 1 N–H and O–H groups in total. The number of nitrogens with one attached hydrogen (secondary N) is 1. The normalized spacial score (nSPS) is 10.1. The molecule has 0 atom stereocenters. The third-order valence-electron chi connectivity index (χ3n) is 2.62. The number of ketones is 1. The summed E-state index contributed by atoms with van der Waals surface area (Å²) in [6, 6.07) is 17.3. The molecular formula is C15H14BrNO. The molecule has 0 amide bonds. The number of anilines is 1. The lowest BCUT2D eigenvalue weighted by molar-refractivity contribution is 0.0986. The van der Waals surface area contributed by atoms with Crippen LogP contribution in [0.4, 0.5) is 5.69 Å². The molecule has 2 aromatic rings. The number of halogens is 1. The second kappa shape index (κ2) is 6.36. The Balaban J connectivity index is 1.82. The molecule has 3 heteroatoms. The van der Waals surface area contributed by atoms with Crippen LogP contribution in [-0.4, -0.2) is 12.3 Å². The highest BCUT2D eigenvalue weighted by Gasteiger charge is 2.03. The zero-order chi connectivity index (χ0) is 12.8. The van der Waals surface area contributed by atoms with Crippen LogP contribution in [0.3, 0.4) is 0 Å². The summed E-state index contributed by atoms with van der Waals surface area (Å²) in [5, 5.41) is 3.23. The Morgan fingerprint density at radius 3 is 2.33 bits per heavy atom. The van der Waals surface area contributed by atoms with E-state index in [2.05, 4.69) is 21.2 Å². The minimum Gasteiger partial charge on any atom is -0.385 e. The topological polar surface area (TPSA) is 29.1 Å². The third kappa shape index (κ3) is 3.70. The maximum absolute atomic E-state index is 11.8. The van der Waals surface area contributed by atoms with Crippen LogP contribution in [-0.2, 0) is 0 Å². The van der Waals surface area contributed by atoms with E-state index < -0.39 is 0 Å². The zero-order valence-electron chi connectivity index (χ0n) is 9.90. The molecule has 2 nitrogen and oxygen atoms in total. The van der Waals surface area contributed by atoms with Gasteiger partial charge in [-0.25, -0.2) is 0 Å². The van der Waals surface area contributed by atoms with Gasteiger partial charge in [0.2, 0.25) is 0 Å². The first kappa shape index (κ1) is 12.8. The Labute approximate surface area is 115 Å². The molecule has 0 saturated heterocycles. The largest absolute Gasteiger partial charge is 0.385 e. The Morgan fingerprint density at radius 2 is 1.67 bits per heavy atom. The molecule has 0 bridgehead atoms. The first-order valence-electron chi connectivity index (χ1n) is 5.83. The molecule has 2 rings (SSSR count). The molecule has 0 aliphatic rings. The molecule has 0 saturated carbocycles. The van der Waals surface area contributed by atoms with Gasteiger partial charge < -0.3 is 5.32 Å². The smallest absolute Gasteiger partial charge is 0.164 e. The fraction of sp³-hybridized carbons (Fsp3) is 0.133. The van der Waals surface area contributed by atoms with Crippen LogP contribution < -0.4 is 5.32 Å². The van der Waals surface area contributed by atoms with Crippen LogP contribution in [0.2, 0.25) is 0 Å². The van der Waals surface area contributed by atoms with Crippen molar-refractivity contribution < 1.29 is 4.79 Å². The summed E-state index contributed by atoms with van der Waals surface area (Å²) in [5.41, 5.74) is 1.80. The van der Waals surface area contributed by atoms with Gasteiger partial charge in [0, 0.05) is 28.7 Å². The van der Waals surface area contributed by atoms with Gasteiger partial charge in [0.1, 0.15) is 0 Å². The quantitative estimate of drug-likeness (QED) is 0.841. The van der Waals surface area contributed by atoms with E-state index in [1.54, 1.807) is 0 Å². The summed E-state index contributed by atoms with van der Waals surface area (Å²) in [4.78, 5) is 11.8. The molecular weight excluding hydrogens is 290 g/mol. The van der Waals surface area contributed by atoms with Crippen molar-refractivity contribution in [2.75, 3.05) is 11.9 Å². The molecule has 0 aliphatic heterocycles. The van der Waals surface area contributed by atoms with Crippen molar-refractivity contribution in [2.24, 2.45) is 0 Å². The van der Waals surface area contributed by atoms with Crippen molar-refractivity contribution in [1.29, 1.82) is 0 Å². The minimum absolute atomic E-state index is 0.167. The van der Waals surface area contributed by atoms with Crippen molar-refractivity contribution in [3.05, 3.63) is 64.6 Å². The van der Waals surface area contributed by atoms with Gasteiger partial charge in [-0.1, -0.05) is 46.3 Å². The predicted molar refractivity (Wildman–Crippen MR) is 78.0 cm³/mol. The predicted octanol–water partition coefficient (Wildman–Crippen LogP) is 4.13. The maximum atomic E-state index is 11.8. The Morgan fingerprint density at radius 1 is 1.00 bits per heavy atom. The van der Waals surface area contributed by atoms with E-state index in [1.807, 2.05) is 54.6 Å². The van der Waals surface area contributed by atoms with Gasteiger partial charge >= 0.3 is 0 Å². The number of Topliss-reactive ketones (excluding diaryl/α,β-unsaturated/α-hetero) is 1. The minimum atomic E-state index is 0.167. The van der Waals surface area contributed by atoms with Crippen molar-refractivity contribution in [2.45, 2.75) is 6.42 Å². The monoisotopic (exact) mass is 303 g/mol. The summed E-state index contributed by atoms with van der Waals surface area (Å²) in [7, 11) is 0. The Kier molecular flexibility index (Phi) is 4.53. The van der Waals surface area contributed by atoms with E-state index in [4.69, 9.17) is 0 Å². The van der Waals surface area contributed by atoms with Gasteiger partial charge in [-0.05, 0) is 24.3 Å². The molecule has 0 aliphatic carbocycles. The van der Waals surface area contributed by atoms with Crippen LogP contribution in [0.25, 0.3) is 0 Å². The van der Waals surface area contributed by atoms with Crippen LogP contribution in [0.15, 0.2) is 59.1 Å². The van der Waals surface area contributed by atoms with E-state index in [0.717, 1.165) is 15.7 Å². The highest BCUT2D eigenvalue weighted by atomic mass is 79.9. The summed E-state index contributed by atoms with van der Waals surface area (Å²) < 4.78 is 1.05. The fourth-order valence-corrected chi connectivity index (χ4v) is 1.92. The number of rotatable bonds is 5. The fourth-order valence-electron chi connectivity index (χ4n) is 1.66. The molecule has 0 unspecified atom stereocenters. The SMILES string of the molecule is O=C(CCNc1ccc(Br)cc1)c1ccccc1. The third-order valence-corrected chi connectivity index (χ3v) is 3.15. The lowest BCUT2D eigenvalue weighted by Gasteiger charge is -2.06. The van der Waals surface area contributed by atoms with Gasteiger partial charge in [0.25, 0.3) is 0 Å². The van der Waals surface area contributed by atoms with Crippen LogP contribution in [0, 0.1) is 0 Å². The lowest BCUT2D eigenvalue weighted by atomic mass is 10.1. The van der Waals surface area contributed by atoms with Crippen molar-refractivity contribution >= 4 is 27.4 Å². The number of hydrogen-bond acceptors (Lipinski definition) is 2. The van der Waals surface area contributed by atoms with Gasteiger partial charge in [-0.2, -0.15) is 0 Å². The number of hydrogen-bond donors (Lipinski definition) is 1. The lowest BCUT2D eigenvalue weighted by Crippen LogP contribution is -2.08. The summed E-state index contributed by atoms with van der Waals surface area (Å²) in [6.07, 6.45) is 0.500. The molecule has 0 spiro atoms. The van der Waals surface area contributed by atoms with E-state index in [0.29, 0.717) is 13.0 Å². The Hall–Kier alpha value is -1.61. The second-order valence-corrected chi connectivity index (χ2v) is 4.89. The average Bonchev–Trinajstić information content (AvgIpc) is 2.42. The van der Waals surface area contributed by atoms with Gasteiger partial charge in [-0.15, -0.1) is 0 Å². The second-order valence-electron chi connectivity index (χ2n) is 3.97. The van der Waals surface area contributed by atoms with Crippen LogP contribution in [0.1, 0.15) is 16.8 Å². The number of carbonyl (C=O) groups is 1. The van der Waals surface area contributed by atoms with E-state index >= 15 is 0 Å². The van der Waals surface area contributed by atoms with E-state index in [9.17, 15) is 4.79 Å². The molecule has 0 radical (unpaired) electrons. The van der Waals surface area contributed by atoms with Gasteiger partial charge in [0.15, 0.2) is 5.78 Å². The van der Waals surface area contributed by atoms with E-state index in [1.165, 1.54) is 0 Å². The average molecular weight is 304 g/mol. The summed E-state index contributed by atoms with van der Waals surface area (Å²) in [5.74, 6) is 0.167. The van der Waals surface area contributed by atoms with Gasteiger partial charge in [-0.3, -0.25) is 4.79 Å². The number of carbonyl (C=O) groups excluding carboxylic acids is 1. The molecule has 18 heavy (non-hydrogen) atoms.